The van der Waals surface area contributed by atoms with Gasteiger partial charge in [-0.2, -0.15) is 0 Å². The highest BCUT2D eigenvalue weighted by molar-refractivity contribution is 7.14. The van der Waals surface area contributed by atoms with Crippen LogP contribution in [0.4, 0.5) is 5.13 Å². The molecule has 1 heterocycles. The molecule has 0 fully saturated rings. The van der Waals surface area contributed by atoms with Crippen molar-refractivity contribution in [2.75, 3.05) is 19.0 Å². The molecule has 3 rings (SSSR count). The number of rotatable bonds is 7. The van der Waals surface area contributed by atoms with E-state index in [1.807, 2.05) is 60.0 Å². The van der Waals surface area contributed by atoms with E-state index in [9.17, 15) is 4.79 Å². The molecule has 1 N–H and O–H groups in total. The second kappa shape index (κ2) is 8.30. The molecule has 0 saturated heterocycles. The van der Waals surface area contributed by atoms with Gasteiger partial charge in [0.15, 0.2) is 5.13 Å². The Balaban J connectivity index is 1.51. The van der Waals surface area contributed by atoms with E-state index in [4.69, 9.17) is 9.47 Å². The third-order valence-electron chi connectivity index (χ3n) is 3.48. The van der Waals surface area contributed by atoms with Gasteiger partial charge in [-0.05, 0) is 36.4 Å². The molecule has 0 aliphatic carbocycles. The number of para-hydroxylation sites is 1. The number of anilines is 1. The molecule has 0 unspecified atom stereocenters. The normalized spacial score (nSPS) is 10.3. The van der Waals surface area contributed by atoms with Crippen molar-refractivity contribution in [3.05, 3.63) is 60.0 Å². The van der Waals surface area contributed by atoms with E-state index < -0.39 is 0 Å². The topological polar surface area (TPSA) is 60.5 Å². The maximum Gasteiger partial charge on any atom is 0.229 e. The number of ether oxygens (including phenoxy) is 2. The number of benzene rings is 2. The summed E-state index contributed by atoms with van der Waals surface area (Å²) in [6.07, 6.45) is 0.270. The molecule has 0 bridgehead atoms. The maximum atomic E-state index is 12.0. The van der Waals surface area contributed by atoms with Crippen molar-refractivity contribution < 1.29 is 14.3 Å². The quantitative estimate of drug-likeness (QED) is 0.690. The summed E-state index contributed by atoms with van der Waals surface area (Å²) >= 11 is 1.40. The van der Waals surface area contributed by atoms with Crippen molar-refractivity contribution in [3.8, 4) is 22.8 Å². The summed E-state index contributed by atoms with van der Waals surface area (Å²) in [4.78, 5) is 16.4. The minimum atomic E-state index is -0.119. The number of amides is 1. The van der Waals surface area contributed by atoms with E-state index in [0.29, 0.717) is 11.7 Å². The van der Waals surface area contributed by atoms with Crippen LogP contribution in [0, 0.1) is 0 Å². The van der Waals surface area contributed by atoms with Crippen LogP contribution in [0.5, 0.6) is 11.5 Å². The van der Waals surface area contributed by atoms with E-state index >= 15 is 0 Å². The first-order valence-corrected chi connectivity index (χ1v) is 8.70. The first-order valence-electron chi connectivity index (χ1n) is 7.82. The first-order chi connectivity index (χ1) is 12.2. The average molecular weight is 354 g/mol. The van der Waals surface area contributed by atoms with Crippen molar-refractivity contribution in [2.24, 2.45) is 0 Å². The van der Waals surface area contributed by atoms with Gasteiger partial charge in [0, 0.05) is 10.9 Å². The lowest BCUT2D eigenvalue weighted by Crippen LogP contribution is -2.15. The van der Waals surface area contributed by atoms with Gasteiger partial charge in [0.1, 0.15) is 11.5 Å². The predicted octanol–water partition coefficient (Wildman–Crippen LogP) is 4.23. The molecule has 6 heteroatoms. The van der Waals surface area contributed by atoms with E-state index in [1.54, 1.807) is 7.11 Å². The van der Waals surface area contributed by atoms with Crippen LogP contribution < -0.4 is 14.8 Å². The van der Waals surface area contributed by atoms with Gasteiger partial charge in [0.2, 0.25) is 5.91 Å². The lowest BCUT2D eigenvalue weighted by Gasteiger charge is -2.05. The fourth-order valence-corrected chi connectivity index (χ4v) is 2.92. The summed E-state index contributed by atoms with van der Waals surface area (Å²) in [5.74, 6) is 1.43. The lowest BCUT2D eigenvalue weighted by molar-refractivity contribution is -0.116. The molecule has 2 aromatic carbocycles. The number of methoxy groups -OCH3 is 1. The zero-order chi connectivity index (χ0) is 17.5. The van der Waals surface area contributed by atoms with E-state index in [0.717, 1.165) is 22.8 Å². The van der Waals surface area contributed by atoms with Crippen molar-refractivity contribution in [2.45, 2.75) is 6.42 Å². The molecule has 0 atom stereocenters. The fourth-order valence-electron chi connectivity index (χ4n) is 2.19. The van der Waals surface area contributed by atoms with E-state index in [-0.39, 0.29) is 12.3 Å². The molecule has 3 aromatic rings. The Bertz CT molecular complexity index is 816. The molecular weight excluding hydrogens is 336 g/mol. The van der Waals surface area contributed by atoms with Crippen LogP contribution >= 0.6 is 11.3 Å². The molecule has 0 spiro atoms. The third-order valence-corrected chi connectivity index (χ3v) is 4.24. The van der Waals surface area contributed by atoms with Crippen molar-refractivity contribution in [1.29, 1.82) is 0 Å². The van der Waals surface area contributed by atoms with Crippen LogP contribution in [0.3, 0.4) is 0 Å². The summed E-state index contributed by atoms with van der Waals surface area (Å²) in [6.45, 7) is 0.326. The van der Waals surface area contributed by atoms with Crippen LogP contribution in [-0.2, 0) is 4.79 Å². The van der Waals surface area contributed by atoms with Crippen LogP contribution in [0.15, 0.2) is 60.0 Å². The van der Waals surface area contributed by atoms with Crippen LogP contribution in [-0.4, -0.2) is 24.6 Å². The molecule has 25 heavy (non-hydrogen) atoms. The number of carbonyl (C=O) groups is 1. The molecular formula is C19H18N2O3S. The van der Waals surface area contributed by atoms with E-state index in [1.165, 1.54) is 11.3 Å². The molecule has 5 nitrogen and oxygen atoms in total. The van der Waals surface area contributed by atoms with Gasteiger partial charge >= 0.3 is 0 Å². The molecule has 1 amide bonds. The summed E-state index contributed by atoms with van der Waals surface area (Å²) < 4.78 is 10.7. The lowest BCUT2D eigenvalue weighted by atomic mass is 10.2. The molecule has 0 radical (unpaired) electrons. The maximum absolute atomic E-state index is 12.0. The number of nitrogens with zero attached hydrogens (tertiary/aromatic N) is 1. The van der Waals surface area contributed by atoms with Gasteiger partial charge in [0.25, 0.3) is 0 Å². The molecule has 0 saturated carbocycles. The Morgan fingerprint density at radius 3 is 2.56 bits per heavy atom. The Morgan fingerprint density at radius 1 is 1.08 bits per heavy atom. The minimum Gasteiger partial charge on any atom is -0.497 e. The zero-order valence-corrected chi connectivity index (χ0v) is 14.6. The summed E-state index contributed by atoms with van der Waals surface area (Å²) in [5, 5.41) is 5.30. The highest BCUT2D eigenvalue weighted by Crippen LogP contribution is 2.26. The second-order valence-electron chi connectivity index (χ2n) is 5.23. The molecule has 1 aromatic heterocycles. The summed E-state index contributed by atoms with van der Waals surface area (Å²) in [7, 11) is 1.63. The molecule has 128 valence electrons. The van der Waals surface area contributed by atoms with Gasteiger partial charge in [-0.25, -0.2) is 4.98 Å². The number of hydrogen-bond donors (Lipinski definition) is 1. The fraction of sp³-hybridized carbons (Fsp3) is 0.158. The predicted molar refractivity (Wildman–Crippen MR) is 99.3 cm³/mol. The Hall–Kier alpha value is -2.86. The monoisotopic (exact) mass is 354 g/mol. The molecule has 0 aliphatic rings. The van der Waals surface area contributed by atoms with Crippen LogP contribution in [0.25, 0.3) is 11.3 Å². The van der Waals surface area contributed by atoms with Gasteiger partial charge in [-0.15, -0.1) is 11.3 Å². The Labute approximate surface area is 150 Å². The first kappa shape index (κ1) is 17.0. The van der Waals surface area contributed by atoms with Crippen LogP contribution in [0.1, 0.15) is 6.42 Å². The Kier molecular flexibility index (Phi) is 5.64. The zero-order valence-electron chi connectivity index (χ0n) is 13.8. The number of nitrogens with one attached hydrogen (secondary N) is 1. The van der Waals surface area contributed by atoms with Gasteiger partial charge < -0.3 is 14.8 Å². The van der Waals surface area contributed by atoms with Crippen molar-refractivity contribution in [3.63, 3.8) is 0 Å². The van der Waals surface area contributed by atoms with E-state index in [2.05, 4.69) is 10.3 Å². The van der Waals surface area contributed by atoms with Crippen molar-refractivity contribution >= 4 is 22.4 Å². The van der Waals surface area contributed by atoms with Crippen LogP contribution in [0.2, 0.25) is 0 Å². The SMILES string of the molecule is COc1ccc(-c2csc(NC(=O)CCOc3ccccc3)n2)cc1. The standard InChI is InChI=1S/C19H18N2O3S/c1-23-15-9-7-14(8-10-15)17-13-25-19(20-17)21-18(22)11-12-24-16-5-3-2-4-6-16/h2-10,13H,11-12H2,1H3,(H,20,21,22). The minimum absolute atomic E-state index is 0.119. The second-order valence-corrected chi connectivity index (χ2v) is 6.08. The van der Waals surface area contributed by atoms with Gasteiger partial charge in [-0.1, -0.05) is 18.2 Å². The number of carbonyl (C=O) groups excluding carboxylic acids is 1. The highest BCUT2D eigenvalue weighted by Gasteiger charge is 2.08. The largest absolute Gasteiger partial charge is 0.497 e. The highest BCUT2D eigenvalue weighted by atomic mass is 32.1. The number of aromatic nitrogens is 1. The van der Waals surface area contributed by atoms with Gasteiger partial charge in [-0.3, -0.25) is 4.79 Å². The Morgan fingerprint density at radius 2 is 1.84 bits per heavy atom. The summed E-state index contributed by atoms with van der Waals surface area (Å²) in [6, 6.07) is 17.1. The van der Waals surface area contributed by atoms with Gasteiger partial charge in [0.05, 0.1) is 25.8 Å². The third kappa shape index (κ3) is 4.81. The number of thiazole rings is 1. The summed E-state index contributed by atoms with van der Waals surface area (Å²) in [5.41, 5.74) is 1.80. The van der Waals surface area contributed by atoms with Crippen molar-refractivity contribution in [1.82, 2.24) is 4.98 Å². The smallest absolute Gasteiger partial charge is 0.229 e. The number of hydrogen-bond acceptors (Lipinski definition) is 5. The molecule has 0 aliphatic heterocycles. The average Bonchev–Trinajstić information content (AvgIpc) is 3.11.